The second kappa shape index (κ2) is 6.53. The lowest BCUT2D eigenvalue weighted by atomic mass is 10.3. The van der Waals surface area contributed by atoms with E-state index in [-0.39, 0.29) is 11.0 Å². The van der Waals surface area contributed by atoms with Crippen LogP contribution >= 0.6 is 0 Å². The highest BCUT2D eigenvalue weighted by Gasteiger charge is 2.34. The maximum Gasteiger partial charge on any atom is 0.243 e. The van der Waals surface area contributed by atoms with E-state index in [1.165, 1.54) is 10.4 Å². The van der Waals surface area contributed by atoms with Crippen LogP contribution in [0.3, 0.4) is 0 Å². The number of hydrogen-bond acceptors (Lipinski definition) is 6. The summed E-state index contributed by atoms with van der Waals surface area (Å²) in [6, 6.07) is 8.32. The van der Waals surface area contributed by atoms with Crippen LogP contribution in [0.25, 0.3) is 0 Å². The summed E-state index contributed by atoms with van der Waals surface area (Å²) in [6.07, 6.45) is 3.74. The van der Waals surface area contributed by atoms with Crippen molar-refractivity contribution in [2.24, 2.45) is 0 Å². The highest BCUT2D eigenvalue weighted by molar-refractivity contribution is 7.89. The average molecular weight is 362 g/mol. The lowest BCUT2D eigenvalue weighted by Gasteiger charge is -2.21. The molecule has 2 aliphatic rings. The van der Waals surface area contributed by atoms with Crippen molar-refractivity contribution >= 4 is 10.0 Å². The van der Waals surface area contributed by atoms with Crippen molar-refractivity contribution in [2.45, 2.75) is 17.4 Å². The normalized spacial score (nSPS) is 20.4. The molecule has 7 nitrogen and oxygen atoms in total. The summed E-state index contributed by atoms with van der Waals surface area (Å²) < 4.78 is 43.9. The van der Waals surface area contributed by atoms with Crippen LogP contribution in [0.4, 0.5) is 0 Å². The molecule has 0 radical (unpaired) electrons. The van der Waals surface area contributed by atoms with Crippen molar-refractivity contribution in [3.63, 3.8) is 0 Å². The molecule has 132 valence electrons. The van der Waals surface area contributed by atoms with E-state index in [0.717, 1.165) is 0 Å². The fraction of sp³-hybridized carbons (Fsp3) is 0.353. The first kappa shape index (κ1) is 16.2. The molecule has 2 aromatic rings. The van der Waals surface area contributed by atoms with Gasteiger partial charge in [-0.3, -0.25) is 4.98 Å². The number of pyridine rings is 1. The van der Waals surface area contributed by atoms with Crippen molar-refractivity contribution in [1.82, 2.24) is 9.29 Å². The Kier molecular flexibility index (Phi) is 4.22. The maximum atomic E-state index is 12.9. The van der Waals surface area contributed by atoms with Gasteiger partial charge in [-0.05, 0) is 30.7 Å². The summed E-state index contributed by atoms with van der Waals surface area (Å²) >= 11 is 0. The molecular formula is C17H18N2O5S. The molecular weight excluding hydrogens is 344 g/mol. The van der Waals surface area contributed by atoms with Crippen molar-refractivity contribution in [3.05, 3.63) is 42.7 Å². The molecule has 0 saturated carbocycles. The van der Waals surface area contributed by atoms with E-state index in [1.807, 2.05) is 6.07 Å². The zero-order valence-electron chi connectivity index (χ0n) is 13.5. The summed E-state index contributed by atoms with van der Waals surface area (Å²) in [4.78, 5) is 4.21. The Hall–Kier alpha value is -2.32. The Balaban J connectivity index is 1.49. The molecule has 0 spiro atoms. The predicted molar refractivity (Wildman–Crippen MR) is 89.5 cm³/mol. The van der Waals surface area contributed by atoms with E-state index < -0.39 is 10.0 Å². The fourth-order valence-electron chi connectivity index (χ4n) is 2.95. The molecule has 1 saturated heterocycles. The van der Waals surface area contributed by atoms with Crippen molar-refractivity contribution in [3.8, 4) is 17.2 Å². The summed E-state index contributed by atoms with van der Waals surface area (Å²) in [6.45, 7) is 1.62. The van der Waals surface area contributed by atoms with Crippen LogP contribution in [0.2, 0.25) is 0 Å². The van der Waals surface area contributed by atoms with Gasteiger partial charge in [0.05, 0.1) is 17.6 Å². The van der Waals surface area contributed by atoms with Gasteiger partial charge >= 0.3 is 0 Å². The van der Waals surface area contributed by atoms with Gasteiger partial charge < -0.3 is 14.2 Å². The lowest BCUT2D eigenvalue weighted by Crippen LogP contribution is -2.31. The van der Waals surface area contributed by atoms with E-state index in [0.29, 0.717) is 50.0 Å². The minimum atomic E-state index is -3.60. The number of fused-ring (bicyclic) bond motifs is 1. The molecule has 0 amide bonds. The van der Waals surface area contributed by atoms with Crippen LogP contribution in [0.1, 0.15) is 6.42 Å². The number of nitrogens with zero attached hydrogens (tertiary/aromatic N) is 2. The van der Waals surface area contributed by atoms with Crippen LogP contribution in [-0.2, 0) is 10.0 Å². The summed E-state index contributed by atoms with van der Waals surface area (Å²) in [7, 11) is -3.60. The average Bonchev–Trinajstić information content (AvgIpc) is 3.11. The molecule has 0 N–H and O–H groups in total. The van der Waals surface area contributed by atoms with E-state index >= 15 is 0 Å². The summed E-state index contributed by atoms with van der Waals surface area (Å²) in [5, 5.41) is 0. The van der Waals surface area contributed by atoms with E-state index in [4.69, 9.17) is 14.2 Å². The Morgan fingerprint density at radius 2 is 2.00 bits per heavy atom. The monoisotopic (exact) mass is 362 g/mol. The Morgan fingerprint density at radius 1 is 1.16 bits per heavy atom. The minimum absolute atomic E-state index is 0.184. The number of sulfonamides is 1. The number of aromatic nitrogens is 1. The summed E-state index contributed by atoms with van der Waals surface area (Å²) in [5.74, 6) is 1.69. The third-order valence-corrected chi connectivity index (χ3v) is 6.06. The van der Waals surface area contributed by atoms with Gasteiger partial charge in [-0.15, -0.1) is 0 Å². The minimum Gasteiger partial charge on any atom is -0.487 e. The Bertz CT molecular complexity index is 857. The largest absolute Gasteiger partial charge is 0.487 e. The zero-order valence-corrected chi connectivity index (χ0v) is 14.3. The van der Waals surface area contributed by atoms with Crippen LogP contribution < -0.4 is 14.2 Å². The molecule has 3 heterocycles. The van der Waals surface area contributed by atoms with Crippen molar-refractivity contribution in [1.29, 1.82) is 0 Å². The first-order chi connectivity index (χ1) is 12.1. The van der Waals surface area contributed by atoms with Gasteiger partial charge in [-0.1, -0.05) is 0 Å². The third-order valence-electron chi connectivity index (χ3n) is 4.20. The lowest BCUT2D eigenvalue weighted by molar-refractivity contribution is 0.171. The van der Waals surface area contributed by atoms with E-state index in [1.54, 1.807) is 30.6 Å². The van der Waals surface area contributed by atoms with Gasteiger partial charge in [0.1, 0.15) is 25.1 Å². The third kappa shape index (κ3) is 3.27. The molecule has 1 aromatic carbocycles. The van der Waals surface area contributed by atoms with Crippen LogP contribution in [0.15, 0.2) is 47.6 Å². The number of benzene rings is 1. The topological polar surface area (TPSA) is 78.0 Å². The predicted octanol–water partition coefficient (Wildman–Crippen LogP) is 1.69. The fourth-order valence-corrected chi connectivity index (χ4v) is 4.46. The molecule has 0 aliphatic carbocycles. The van der Waals surface area contributed by atoms with Crippen molar-refractivity contribution < 1.29 is 22.6 Å². The van der Waals surface area contributed by atoms with Gasteiger partial charge in [-0.25, -0.2) is 8.42 Å². The van der Waals surface area contributed by atoms with Gasteiger partial charge in [0.25, 0.3) is 0 Å². The quantitative estimate of drug-likeness (QED) is 0.824. The second-order valence-corrected chi connectivity index (χ2v) is 7.82. The molecule has 2 aliphatic heterocycles. The molecule has 1 fully saturated rings. The highest BCUT2D eigenvalue weighted by atomic mass is 32.2. The van der Waals surface area contributed by atoms with Gasteiger partial charge in [0.2, 0.25) is 10.0 Å². The van der Waals surface area contributed by atoms with Crippen LogP contribution in [0, 0.1) is 0 Å². The Labute approximate surface area is 146 Å². The molecule has 4 rings (SSSR count). The van der Waals surface area contributed by atoms with Gasteiger partial charge in [0, 0.05) is 18.8 Å². The molecule has 0 bridgehead atoms. The number of ether oxygens (including phenoxy) is 3. The first-order valence-corrected chi connectivity index (χ1v) is 9.53. The Morgan fingerprint density at radius 3 is 2.80 bits per heavy atom. The second-order valence-electron chi connectivity index (χ2n) is 5.89. The van der Waals surface area contributed by atoms with Gasteiger partial charge in [0.15, 0.2) is 11.5 Å². The summed E-state index contributed by atoms with van der Waals surface area (Å²) in [5.41, 5.74) is 0. The van der Waals surface area contributed by atoms with E-state index in [9.17, 15) is 8.42 Å². The first-order valence-electron chi connectivity index (χ1n) is 8.09. The SMILES string of the molecule is O=S(=O)(c1ccc2c(c1)OCCO2)N1CCC(Oc2cccnc2)C1. The molecule has 25 heavy (non-hydrogen) atoms. The van der Waals surface area contributed by atoms with Crippen molar-refractivity contribution in [2.75, 3.05) is 26.3 Å². The van der Waals surface area contributed by atoms with Gasteiger partial charge in [-0.2, -0.15) is 4.31 Å². The van der Waals surface area contributed by atoms with Crippen LogP contribution in [-0.4, -0.2) is 50.1 Å². The number of rotatable bonds is 4. The number of hydrogen-bond donors (Lipinski definition) is 0. The highest BCUT2D eigenvalue weighted by Crippen LogP contribution is 2.34. The smallest absolute Gasteiger partial charge is 0.243 e. The standard InChI is InChI=1S/C17H18N2O5S/c20-25(21,15-3-4-16-17(10-15)23-9-8-22-16)19-7-5-14(12-19)24-13-2-1-6-18-11-13/h1-4,6,10-11,14H,5,7-9,12H2. The van der Waals surface area contributed by atoms with E-state index in [2.05, 4.69) is 4.98 Å². The molecule has 1 unspecified atom stereocenters. The van der Waals surface area contributed by atoms with Crippen LogP contribution in [0.5, 0.6) is 17.2 Å². The molecule has 8 heteroatoms. The zero-order chi connectivity index (χ0) is 17.3. The maximum absolute atomic E-state index is 12.9. The molecule has 1 aromatic heterocycles. The molecule has 1 atom stereocenters.